The van der Waals surface area contributed by atoms with E-state index in [1.165, 1.54) is 11.1 Å². The highest BCUT2D eigenvalue weighted by Crippen LogP contribution is 2.29. The fourth-order valence-electron chi connectivity index (χ4n) is 2.80. The zero-order valence-corrected chi connectivity index (χ0v) is 13.7. The van der Waals surface area contributed by atoms with Crippen molar-refractivity contribution in [3.05, 3.63) is 16.6 Å². The lowest BCUT2D eigenvalue weighted by molar-refractivity contribution is 0.239. The van der Waals surface area contributed by atoms with Gasteiger partial charge in [0.25, 0.3) is 0 Å². The predicted molar refractivity (Wildman–Crippen MR) is 82.3 cm³/mol. The molecular weight excluding hydrogens is 294 g/mol. The van der Waals surface area contributed by atoms with Gasteiger partial charge >= 0.3 is 0 Å². The van der Waals surface area contributed by atoms with Crippen LogP contribution in [-0.2, 0) is 10.0 Å². The van der Waals surface area contributed by atoms with Gasteiger partial charge in [0.15, 0.2) is 0 Å². The minimum atomic E-state index is -3.06. The van der Waals surface area contributed by atoms with Crippen molar-refractivity contribution in [3.8, 4) is 0 Å². The van der Waals surface area contributed by atoms with Crippen molar-refractivity contribution >= 4 is 21.4 Å². The number of nitrogens with zero attached hydrogens (tertiary/aromatic N) is 2. The molecule has 0 radical (unpaired) electrons. The van der Waals surface area contributed by atoms with E-state index in [-0.39, 0.29) is 6.04 Å². The summed E-state index contributed by atoms with van der Waals surface area (Å²) in [5.74, 6) is 0.421. The minimum Gasteiger partial charge on any atom is -0.309 e. The molecule has 2 heterocycles. The summed E-state index contributed by atoms with van der Waals surface area (Å²) in [5, 5.41) is 3.49. The van der Waals surface area contributed by atoms with E-state index in [1.807, 2.05) is 11.7 Å². The van der Waals surface area contributed by atoms with Crippen molar-refractivity contribution in [1.82, 2.24) is 14.6 Å². The molecule has 0 spiro atoms. The number of rotatable bonds is 6. The average Bonchev–Trinajstić information content (AvgIpc) is 2.91. The van der Waals surface area contributed by atoms with Gasteiger partial charge in [-0.3, -0.25) is 4.98 Å². The van der Waals surface area contributed by atoms with E-state index < -0.39 is 10.0 Å². The van der Waals surface area contributed by atoms with Crippen LogP contribution >= 0.6 is 11.3 Å². The third kappa shape index (κ3) is 4.25. The molecule has 114 valence electrons. The topological polar surface area (TPSA) is 62.3 Å². The quantitative estimate of drug-likeness (QED) is 0.870. The molecule has 0 bridgehead atoms. The van der Waals surface area contributed by atoms with Gasteiger partial charge in [-0.15, -0.1) is 11.3 Å². The van der Waals surface area contributed by atoms with E-state index in [1.54, 1.807) is 15.6 Å². The third-order valence-corrected chi connectivity index (χ3v) is 5.92. The fourth-order valence-corrected chi connectivity index (χ4v) is 4.45. The molecule has 0 aromatic carbocycles. The van der Waals surface area contributed by atoms with Crippen LogP contribution in [0.2, 0.25) is 0 Å². The lowest BCUT2D eigenvalue weighted by Crippen LogP contribution is -2.40. The molecular formula is C13H23N3O2S2. The van der Waals surface area contributed by atoms with Gasteiger partial charge in [0.2, 0.25) is 10.0 Å². The van der Waals surface area contributed by atoms with Gasteiger partial charge in [0.05, 0.1) is 11.8 Å². The summed E-state index contributed by atoms with van der Waals surface area (Å²) in [6, 6.07) is 0.289. The second-order valence-electron chi connectivity index (χ2n) is 5.38. The second-order valence-corrected chi connectivity index (χ2v) is 8.28. The van der Waals surface area contributed by atoms with Crippen molar-refractivity contribution in [2.75, 3.05) is 25.9 Å². The lowest BCUT2D eigenvalue weighted by Gasteiger charge is -2.33. The maximum absolute atomic E-state index is 11.7. The molecule has 0 aliphatic carbocycles. The van der Waals surface area contributed by atoms with Crippen LogP contribution in [0.15, 0.2) is 11.7 Å². The van der Waals surface area contributed by atoms with Gasteiger partial charge in [-0.05, 0) is 31.7 Å². The zero-order chi connectivity index (χ0) is 14.6. The number of aromatic nitrogens is 1. The van der Waals surface area contributed by atoms with Crippen LogP contribution in [0.1, 0.15) is 37.1 Å². The highest BCUT2D eigenvalue weighted by molar-refractivity contribution is 7.88. The molecule has 1 aromatic rings. The summed E-state index contributed by atoms with van der Waals surface area (Å²) in [5.41, 5.74) is 1.85. The van der Waals surface area contributed by atoms with Crippen LogP contribution in [0, 0.1) is 5.92 Å². The van der Waals surface area contributed by atoms with Crippen LogP contribution in [-0.4, -0.2) is 43.6 Å². The molecule has 1 aromatic heterocycles. The highest BCUT2D eigenvalue weighted by Gasteiger charge is 2.28. The van der Waals surface area contributed by atoms with Crippen molar-refractivity contribution in [3.63, 3.8) is 0 Å². The smallest absolute Gasteiger partial charge is 0.211 e. The van der Waals surface area contributed by atoms with Crippen molar-refractivity contribution in [2.45, 2.75) is 32.2 Å². The number of hydrogen-bond acceptors (Lipinski definition) is 5. The van der Waals surface area contributed by atoms with Crippen LogP contribution in [0.5, 0.6) is 0 Å². The number of nitrogens with one attached hydrogen (secondary N) is 1. The maximum Gasteiger partial charge on any atom is 0.211 e. The zero-order valence-electron chi connectivity index (χ0n) is 12.1. The Bertz CT molecular complexity index is 502. The molecule has 2 atom stereocenters. The predicted octanol–water partition coefficient (Wildman–Crippen LogP) is 1.86. The molecule has 7 heteroatoms. The van der Waals surface area contributed by atoms with Crippen LogP contribution in [0.4, 0.5) is 0 Å². The first kappa shape index (κ1) is 15.9. The summed E-state index contributed by atoms with van der Waals surface area (Å²) < 4.78 is 25.0. The highest BCUT2D eigenvalue weighted by atomic mass is 32.2. The third-order valence-electron chi connectivity index (χ3n) is 3.77. The van der Waals surface area contributed by atoms with Crippen molar-refractivity contribution in [1.29, 1.82) is 0 Å². The van der Waals surface area contributed by atoms with Crippen molar-refractivity contribution in [2.24, 2.45) is 5.92 Å². The van der Waals surface area contributed by atoms with E-state index in [2.05, 4.69) is 17.2 Å². The molecule has 1 fully saturated rings. The fraction of sp³-hybridized carbons (Fsp3) is 0.769. The van der Waals surface area contributed by atoms with Gasteiger partial charge < -0.3 is 5.32 Å². The molecule has 1 aliphatic rings. The van der Waals surface area contributed by atoms with E-state index >= 15 is 0 Å². The summed E-state index contributed by atoms with van der Waals surface area (Å²) in [7, 11) is -3.06. The van der Waals surface area contributed by atoms with Gasteiger partial charge in [0.1, 0.15) is 0 Å². The lowest BCUT2D eigenvalue weighted by atomic mass is 9.92. The van der Waals surface area contributed by atoms with Crippen molar-refractivity contribution < 1.29 is 8.42 Å². The Labute approximate surface area is 125 Å². The Morgan fingerprint density at radius 1 is 1.60 bits per heavy atom. The van der Waals surface area contributed by atoms with E-state index in [9.17, 15) is 8.42 Å². The summed E-state index contributed by atoms with van der Waals surface area (Å²) >= 11 is 1.66. The molecule has 0 saturated carbocycles. The first-order valence-corrected chi connectivity index (χ1v) is 9.80. The first-order chi connectivity index (χ1) is 9.50. The maximum atomic E-state index is 11.7. The van der Waals surface area contributed by atoms with Crippen LogP contribution in [0.25, 0.3) is 0 Å². The minimum absolute atomic E-state index is 0.289. The standard InChI is InChI=1S/C13H23N3O2S2/c1-3-15-12(13-8-14-10-19-13)7-11-5-4-6-16(9-11)20(2,17)18/h8,10-12,15H,3-7,9H2,1-2H3. The Hall–Kier alpha value is -0.500. The number of piperidine rings is 1. The monoisotopic (exact) mass is 317 g/mol. The molecule has 20 heavy (non-hydrogen) atoms. The summed E-state index contributed by atoms with van der Waals surface area (Å²) in [6.07, 6.45) is 6.25. The van der Waals surface area contributed by atoms with E-state index in [0.29, 0.717) is 19.0 Å². The Morgan fingerprint density at radius 2 is 2.40 bits per heavy atom. The summed E-state index contributed by atoms with van der Waals surface area (Å²) in [4.78, 5) is 5.38. The van der Waals surface area contributed by atoms with Gasteiger partial charge in [-0.25, -0.2) is 12.7 Å². The molecule has 2 unspecified atom stereocenters. The molecule has 5 nitrogen and oxygen atoms in total. The average molecular weight is 317 g/mol. The van der Waals surface area contributed by atoms with Gasteiger partial charge in [0, 0.05) is 30.2 Å². The Balaban J connectivity index is 2.00. The van der Waals surface area contributed by atoms with Gasteiger partial charge in [-0.2, -0.15) is 0 Å². The molecule has 1 aliphatic heterocycles. The largest absolute Gasteiger partial charge is 0.309 e. The number of thiazole rings is 1. The van der Waals surface area contributed by atoms with Crippen LogP contribution < -0.4 is 5.32 Å². The van der Waals surface area contributed by atoms with E-state index in [0.717, 1.165) is 25.8 Å². The first-order valence-electron chi connectivity index (χ1n) is 7.07. The SMILES string of the molecule is CCNC(CC1CCCN(S(C)(=O)=O)C1)c1cncs1. The molecule has 1 N–H and O–H groups in total. The molecule has 2 rings (SSSR count). The molecule has 0 amide bonds. The Kier molecular flexibility index (Phi) is 5.54. The normalized spacial score (nSPS) is 22.8. The van der Waals surface area contributed by atoms with Crippen LogP contribution in [0.3, 0.4) is 0 Å². The second kappa shape index (κ2) is 6.98. The number of hydrogen-bond donors (Lipinski definition) is 1. The van der Waals surface area contributed by atoms with Gasteiger partial charge in [-0.1, -0.05) is 6.92 Å². The Morgan fingerprint density at radius 3 is 3.00 bits per heavy atom. The molecule has 1 saturated heterocycles. The summed E-state index contributed by atoms with van der Waals surface area (Å²) in [6.45, 7) is 4.32. The number of sulfonamides is 1. The van der Waals surface area contributed by atoms with E-state index in [4.69, 9.17) is 0 Å².